The minimum Gasteiger partial charge on any atom is -0.494 e. The number of aromatic amines is 1. The van der Waals surface area contributed by atoms with E-state index in [9.17, 15) is 4.79 Å². The molecule has 2 rings (SSSR count). The van der Waals surface area contributed by atoms with Crippen LogP contribution in [0.2, 0.25) is 0 Å². The third-order valence-corrected chi connectivity index (χ3v) is 3.68. The van der Waals surface area contributed by atoms with Gasteiger partial charge in [0.25, 0.3) is 5.56 Å². The molecule has 19 heavy (non-hydrogen) atoms. The normalized spacial score (nSPS) is 10.6. The van der Waals surface area contributed by atoms with E-state index in [1.54, 1.807) is 4.68 Å². The predicted molar refractivity (Wildman–Crippen MR) is 78.7 cm³/mol. The predicted octanol–water partition coefficient (Wildman–Crippen LogP) is 2.97. The molecule has 0 spiro atoms. The van der Waals surface area contributed by atoms with Crippen LogP contribution in [0.4, 0.5) is 0 Å². The molecule has 0 saturated carbocycles. The SMILES string of the molecule is CCc1[nH]n(CCCOc2ccccc2)c(=O)c1Br. The van der Waals surface area contributed by atoms with Crippen molar-refractivity contribution in [3.8, 4) is 5.75 Å². The molecule has 0 atom stereocenters. The largest absolute Gasteiger partial charge is 0.494 e. The molecular weight excluding hydrogens is 308 g/mol. The number of nitrogens with one attached hydrogen (secondary N) is 1. The van der Waals surface area contributed by atoms with Crippen molar-refractivity contribution < 1.29 is 4.74 Å². The molecule has 0 bridgehead atoms. The molecule has 5 heteroatoms. The van der Waals surface area contributed by atoms with Crippen molar-refractivity contribution in [1.82, 2.24) is 9.78 Å². The van der Waals surface area contributed by atoms with Crippen LogP contribution in [0.3, 0.4) is 0 Å². The van der Waals surface area contributed by atoms with Crippen LogP contribution in [0.5, 0.6) is 5.75 Å². The molecule has 0 radical (unpaired) electrons. The second-order valence-corrected chi connectivity index (χ2v) is 5.02. The summed E-state index contributed by atoms with van der Waals surface area (Å²) in [4.78, 5) is 11.9. The minimum atomic E-state index is -0.00318. The minimum absolute atomic E-state index is 0.00318. The summed E-state index contributed by atoms with van der Waals surface area (Å²) in [6.45, 7) is 3.23. The van der Waals surface area contributed by atoms with Crippen LogP contribution in [0.15, 0.2) is 39.6 Å². The number of benzene rings is 1. The molecular formula is C14H17BrN2O2. The lowest BCUT2D eigenvalue weighted by atomic mass is 10.3. The smallest absolute Gasteiger partial charge is 0.281 e. The first-order valence-corrected chi connectivity index (χ1v) is 7.16. The van der Waals surface area contributed by atoms with E-state index >= 15 is 0 Å². The van der Waals surface area contributed by atoms with E-state index in [1.165, 1.54) is 0 Å². The lowest BCUT2D eigenvalue weighted by Gasteiger charge is -2.06. The Bertz CT molecular complexity index is 575. The highest BCUT2D eigenvalue weighted by atomic mass is 79.9. The van der Waals surface area contributed by atoms with Crippen molar-refractivity contribution >= 4 is 15.9 Å². The number of ether oxygens (including phenoxy) is 1. The summed E-state index contributed by atoms with van der Waals surface area (Å²) in [5.74, 6) is 0.858. The Hall–Kier alpha value is -1.49. The molecule has 0 aliphatic carbocycles. The van der Waals surface area contributed by atoms with Gasteiger partial charge in [0.05, 0.1) is 12.3 Å². The van der Waals surface area contributed by atoms with Crippen molar-refractivity contribution in [2.24, 2.45) is 0 Å². The van der Waals surface area contributed by atoms with Crippen LogP contribution in [-0.2, 0) is 13.0 Å². The van der Waals surface area contributed by atoms with Crippen molar-refractivity contribution in [3.05, 3.63) is 50.9 Å². The van der Waals surface area contributed by atoms with Crippen molar-refractivity contribution in [2.45, 2.75) is 26.3 Å². The molecule has 102 valence electrons. The Kier molecular flexibility index (Phi) is 4.85. The highest BCUT2D eigenvalue weighted by Gasteiger charge is 2.09. The number of hydrogen-bond acceptors (Lipinski definition) is 2. The summed E-state index contributed by atoms with van der Waals surface area (Å²) in [7, 11) is 0. The standard InChI is InChI=1S/C14H17BrN2O2/c1-2-12-13(15)14(18)17(16-12)9-6-10-19-11-7-4-3-5-8-11/h3-5,7-8,16H,2,6,9-10H2,1H3. The van der Waals surface area contributed by atoms with Crippen LogP contribution >= 0.6 is 15.9 Å². The summed E-state index contributed by atoms with van der Waals surface area (Å²) in [5.41, 5.74) is 0.936. The van der Waals surface area contributed by atoms with Gasteiger partial charge in [0, 0.05) is 13.0 Å². The summed E-state index contributed by atoms with van der Waals surface area (Å²) in [6.07, 6.45) is 1.59. The van der Waals surface area contributed by atoms with Crippen molar-refractivity contribution in [1.29, 1.82) is 0 Å². The van der Waals surface area contributed by atoms with E-state index in [2.05, 4.69) is 21.0 Å². The number of hydrogen-bond donors (Lipinski definition) is 1. The van der Waals surface area contributed by atoms with Crippen LogP contribution in [-0.4, -0.2) is 16.4 Å². The number of aryl methyl sites for hydroxylation is 2. The monoisotopic (exact) mass is 324 g/mol. The van der Waals surface area contributed by atoms with Crippen LogP contribution in [0.1, 0.15) is 19.0 Å². The fourth-order valence-corrected chi connectivity index (χ4v) is 2.41. The second-order valence-electron chi connectivity index (χ2n) is 4.23. The van der Waals surface area contributed by atoms with Crippen LogP contribution in [0.25, 0.3) is 0 Å². The molecule has 0 amide bonds. The number of rotatable bonds is 6. The topological polar surface area (TPSA) is 47.0 Å². The maximum atomic E-state index is 11.9. The van der Waals surface area contributed by atoms with Gasteiger partial charge in [-0.15, -0.1) is 0 Å². The molecule has 1 heterocycles. The third kappa shape index (κ3) is 3.50. The van der Waals surface area contributed by atoms with E-state index < -0.39 is 0 Å². The molecule has 2 aromatic rings. The van der Waals surface area contributed by atoms with Gasteiger partial charge in [0.2, 0.25) is 0 Å². The maximum Gasteiger partial charge on any atom is 0.281 e. The number of aromatic nitrogens is 2. The lowest BCUT2D eigenvalue weighted by molar-refractivity contribution is 0.297. The molecule has 4 nitrogen and oxygen atoms in total. The quantitative estimate of drug-likeness (QED) is 0.830. The summed E-state index contributed by atoms with van der Waals surface area (Å²) >= 11 is 3.31. The Morgan fingerprint density at radius 1 is 1.32 bits per heavy atom. The van der Waals surface area contributed by atoms with E-state index in [1.807, 2.05) is 37.3 Å². The summed E-state index contributed by atoms with van der Waals surface area (Å²) in [6, 6.07) is 9.68. The van der Waals surface area contributed by atoms with E-state index in [0.29, 0.717) is 17.6 Å². The fourth-order valence-electron chi connectivity index (χ4n) is 1.83. The second kappa shape index (κ2) is 6.61. The number of halogens is 1. The molecule has 1 aromatic carbocycles. The first-order chi connectivity index (χ1) is 9.22. The zero-order valence-corrected chi connectivity index (χ0v) is 12.4. The molecule has 0 aliphatic rings. The van der Waals surface area contributed by atoms with Crippen LogP contribution in [0, 0.1) is 0 Å². The fraction of sp³-hybridized carbons (Fsp3) is 0.357. The van der Waals surface area contributed by atoms with E-state index in [-0.39, 0.29) is 5.56 Å². The van der Waals surface area contributed by atoms with Crippen molar-refractivity contribution in [2.75, 3.05) is 6.61 Å². The Balaban J connectivity index is 1.85. The highest BCUT2D eigenvalue weighted by Crippen LogP contribution is 2.11. The maximum absolute atomic E-state index is 11.9. The Labute approximate surface area is 120 Å². The zero-order valence-electron chi connectivity index (χ0n) is 10.9. The van der Waals surface area contributed by atoms with E-state index in [4.69, 9.17) is 4.74 Å². The lowest BCUT2D eigenvalue weighted by Crippen LogP contribution is -2.18. The van der Waals surface area contributed by atoms with Gasteiger partial charge in [-0.05, 0) is 34.5 Å². The number of para-hydroxylation sites is 1. The van der Waals surface area contributed by atoms with Crippen molar-refractivity contribution in [3.63, 3.8) is 0 Å². The highest BCUT2D eigenvalue weighted by molar-refractivity contribution is 9.10. The van der Waals surface area contributed by atoms with Gasteiger partial charge in [0.1, 0.15) is 10.2 Å². The third-order valence-electron chi connectivity index (χ3n) is 2.86. The molecule has 0 unspecified atom stereocenters. The first-order valence-electron chi connectivity index (χ1n) is 6.37. The van der Waals surface area contributed by atoms with Gasteiger partial charge in [-0.25, -0.2) is 0 Å². The van der Waals surface area contributed by atoms with Gasteiger partial charge >= 0.3 is 0 Å². The van der Waals surface area contributed by atoms with E-state index in [0.717, 1.165) is 24.3 Å². The van der Waals surface area contributed by atoms with Gasteiger partial charge < -0.3 is 4.74 Å². The van der Waals surface area contributed by atoms with Gasteiger partial charge in [-0.2, -0.15) is 0 Å². The molecule has 1 aromatic heterocycles. The molecule has 1 N–H and O–H groups in total. The first kappa shape index (κ1) is 13.9. The Morgan fingerprint density at radius 3 is 2.68 bits per heavy atom. The zero-order chi connectivity index (χ0) is 13.7. The number of nitrogens with zero attached hydrogens (tertiary/aromatic N) is 1. The summed E-state index contributed by atoms with van der Waals surface area (Å²) < 4.78 is 7.85. The average molecular weight is 325 g/mol. The molecule has 0 saturated heterocycles. The van der Waals surface area contributed by atoms with Gasteiger partial charge in [-0.1, -0.05) is 25.1 Å². The molecule has 0 fully saturated rings. The van der Waals surface area contributed by atoms with Gasteiger partial charge in [-0.3, -0.25) is 14.6 Å². The Morgan fingerprint density at radius 2 is 2.05 bits per heavy atom. The number of H-pyrrole nitrogens is 1. The average Bonchev–Trinajstić information content (AvgIpc) is 2.72. The summed E-state index contributed by atoms with van der Waals surface area (Å²) in [5, 5.41) is 3.10. The van der Waals surface area contributed by atoms with Crippen LogP contribution < -0.4 is 10.3 Å². The van der Waals surface area contributed by atoms with Gasteiger partial charge in [0.15, 0.2) is 0 Å². The molecule has 0 aliphatic heterocycles.